The fourth-order valence-electron chi connectivity index (χ4n) is 2.68. The van der Waals surface area contributed by atoms with Gasteiger partial charge in [0.05, 0.1) is 34.4 Å². The number of carboxylic acids is 1. The van der Waals surface area contributed by atoms with Crippen molar-refractivity contribution in [1.29, 1.82) is 0 Å². The number of rotatable bonds is 4. The Balaban J connectivity index is 1.91. The summed E-state index contributed by atoms with van der Waals surface area (Å²) in [6.45, 7) is 1.78. The lowest BCUT2D eigenvalue weighted by molar-refractivity contribution is -0.137. The largest absolute Gasteiger partial charge is 0.478 e. The van der Waals surface area contributed by atoms with E-state index in [2.05, 4.69) is 10.3 Å². The molecule has 138 valence electrons. The van der Waals surface area contributed by atoms with E-state index in [1.54, 1.807) is 25.1 Å². The Hall–Kier alpha value is -3.35. The van der Waals surface area contributed by atoms with Gasteiger partial charge in [-0.05, 0) is 37.3 Å². The molecule has 0 aliphatic rings. The molecule has 0 unspecified atom stereocenters. The van der Waals surface area contributed by atoms with Crippen molar-refractivity contribution in [3.8, 4) is 11.3 Å². The Morgan fingerprint density at radius 3 is 2.44 bits per heavy atom. The number of hydrogen-bond acceptors (Lipinski definition) is 3. The van der Waals surface area contributed by atoms with Gasteiger partial charge in [-0.2, -0.15) is 13.2 Å². The van der Waals surface area contributed by atoms with Crippen LogP contribution in [-0.2, 0) is 6.18 Å². The highest BCUT2D eigenvalue weighted by Gasteiger charge is 2.33. The standard InChI is InChI=1S/C20H15F3N2O2/c1-12-6-8-18(15(10-12)19(26)27)25-13-7-9-17(24-11-13)14-4-2-3-5-16(14)20(21,22)23/h2-11,25H,1H3,(H,26,27). The molecule has 0 bridgehead atoms. The molecule has 0 fully saturated rings. The number of nitrogens with one attached hydrogen (secondary N) is 1. The fourth-order valence-corrected chi connectivity index (χ4v) is 2.68. The van der Waals surface area contributed by atoms with E-state index in [4.69, 9.17) is 0 Å². The summed E-state index contributed by atoms with van der Waals surface area (Å²) in [5.74, 6) is -1.08. The van der Waals surface area contributed by atoms with Crippen molar-refractivity contribution < 1.29 is 23.1 Å². The van der Waals surface area contributed by atoms with Crippen LogP contribution in [0, 0.1) is 6.92 Å². The van der Waals surface area contributed by atoms with Crippen molar-refractivity contribution in [3.63, 3.8) is 0 Å². The monoisotopic (exact) mass is 372 g/mol. The number of nitrogens with zero attached hydrogens (tertiary/aromatic N) is 1. The number of aromatic nitrogens is 1. The highest BCUT2D eigenvalue weighted by molar-refractivity contribution is 5.95. The third-order valence-corrected chi connectivity index (χ3v) is 3.96. The molecule has 27 heavy (non-hydrogen) atoms. The minimum absolute atomic E-state index is 0.0156. The van der Waals surface area contributed by atoms with Crippen LogP contribution in [-0.4, -0.2) is 16.1 Å². The molecule has 0 radical (unpaired) electrons. The Kier molecular flexibility index (Phi) is 4.85. The predicted octanol–water partition coefficient (Wildman–Crippen LogP) is 5.52. The molecule has 7 heteroatoms. The first-order valence-corrected chi connectivity index (χ1v) is 7.99. The number of pyridine rings is 1. The van der Waals surface area contributed by atoms with Crippen LogP contribution < -0.4 is 5.32 Å². The molecule has 0 saturated heterocycles. The smallest absolute Gasteiger partial charge is 0.417 e. The second kappa shape index (κ2) is 7.11. The van der Waals surface area contributed by atoms with Crippen LogP contribution in [0.15, 0.2) is 60.8 Å². The Labute approximate surface area is 153 Å². The molecule has 0 aliphatic carbocycles. The van der Waals surface area contributed by atoms with Gasteiger partial charge in [-0.1, -0.05) is 29.8 Å². The molecule has 0 amide bonds. The second-order valence-corrected chi connectivity index (χ2v) is 5.95. The van der Waals surface area contributed by atoms with Gasteiger partial charge in [0.15, 0.2) is 0 Å². The summed E-state index contributed by atoms with van der Waals surface area (Å²) in [4.78, 5) is 15.5. The van der Waals surface area contributed by atoms with Gasteiger partial charge in [0.25, 0.3) is 0 Å². The Morgan fingerprint density at radius 1 is 1.07 bits per heavy atom. The molecule has 3 rings (SSSR count). The maximum Gasteiger partial charge on any atom is 0.417 e. The van der Waals surface area contributed by atoms with E-state index in [0.717, 1.165) is 11.6 Å². The number of benzene rings is 2. The lowest BCUT2D eigenvalue weighted by Gasteiger charge is -2.13. The number of halogens is 3. The van der Waals surface area contributed by atoms with Gasteiger partial charge in [0.1, 0.15) is 0 Å². The molecule has 0 saturated carbocycles. The quantitative estimate of drug-likeness (QED) is 0.633. The molecular formula is C20H15F3N2O2. The number of anilines is 2. The van der Waals surface area contributed by atoms with Gasteiger partial charge >= 0.3 is 12.1 Å². The zero-order chi connectivity index (χ0) is 19.6. The van der Waals surface area contributed by atoms with Crippen molar-refractivity contribution >= 4 is 17.3 Å². The van der Waals surface area contributed by atoms with Crippen LogP contribution in [0.25, 0.3) is 11.3 Å². The molecule has 1 aromatic heterocycles. The van der Waals surface area contributed by atoms with Gasteiger partial charge in [0.2, 0.25) is 0 Å². The van der Waals surface area contributed by atoms with Crippen molar-refractivity contribution in [2.45, 2.75) is 13.1 Å². The summed E-state index contributed by atoms with van der Waals surface area (Å²) in [7, 11) is 0. The first-order chi connectivity index (χ1) is 12.8. The van der Waals surface area contributed by atoms with Gasteiger partial charge in [-0.25, -0.2) is 4.79 Å². The summed E-state index contributed by atoms with van der Waals surface area (Å²) in [6, 6.07) is 13.2. The van der Waals surface area contributed by atoms with E-state index in [1.807, 2.05) is 0 Å². The van der Waals surface area contributed by atoms with Crippen LogP contribution in [0.2, 0.25) is 0 Å². The average Bonchev–Trinajstić information content (AvgIpc) is 2.63. The maximum absolute atomic E-state index is 13.2. The average molecular weight is 372 g/mol. The van der Waals surface area contributed by atoms with Crippen LogP contribution in [0.3, 0.4) is 0 Å². The highest BCUT2D eigenvalue weighted by Crippen LogP contribution is 2.36. The Morgan fingerprint density at radius 2 is 1.81 bits per heavy atom. The molecule has 0 atom stereocenters. The summed E-state index contributed by atoms with van der Waals surface area (Å²) in [5, 5.41) is 12.2. The molecule has 2 aromatic carbocycles. The number of carboxylic acid groups (broad SMARTS) is 1. The predicted molar refractivity (Wildman–Crippen MR) is 96.1 cm³/mol. The third-order valence-electron chi connectivity index (χ3n) is 3.96. The Bertz CT molecular complexity index is 983. The van der Waals surface area contributed by atoms with Gasteiger partial charge in [-0.3, -0.25) is 4.98 Å². The van der Waals surface area contributed by atoms with E-state index in [9.17, 15) is 23.1 Å². The van der Waals surface area contributed by atoms with Crippen LogP contribution in [0.5, 0.6) is 0 Å². The summed E-state index contributed by atoms with van der Waals surface area (Å²) < 4.78 is 39.5. The van der Waals surface area contributed by atoms with Crippen LogP contribution >= 0.6 is 0 Å². The van der Waals surface area contributed by atoms with Crippen molar-refractivity contribution in [2.75, 3.05) is 5.32 Å². The zero-order valence-electron chi connectivity index (χ0n) is 14.2. The number of alkyl halides is 3. The van der Waals surface area contributed by atoms with Gasteiger partial charge < -0.3 is 10.4 Å². The second-order valence-electron chi connectivity index (χ2n) is 5.95. The summed E-state index contributed by atoms with van der Waals surface area (Å²) in [5.41, 5.74) is 1.14. The summed E-state index contributed by atoms with van der Waals surface area (Å²) >= 11 is 0. The first kappa shape index (κ1) is 18.4. The third kappa shape index (κ3) is 4.08. The van der Waals surface area contributed by atoms with Crippen LogP contribution in [0.4, 0.5) is 24.5 Å². The SMILES string of the molecule is Cc1ccc(Nc2ccc(-c3ccccc3C(F)(F)F)nc2)c(C(=O)O)c1. The van der Waals surface area contributed by atoms with Crippen molar-refractivity contribution in [2.24, 2.45) is 0 Å². The number of carbonyl (C=O) groups is 1. The molecule has 2 N–H and O–H groups in total. The minimum Gasteiger partial charge on any atom is -0.478 e. The fraction of sp³-hybridized carbons (Fsp3) is 0.100. The maximum atomic E-state index is 13.2. The molecule has 4 nitrogen and oxygen atoms in total. The van der Waals surface area contributed by atoms with Crippen molar-refractivity contribution in [1.82, 2.24) is 4.98 Å². The number of aromatic carboxylic acids is 1. The van der Waals surface area contributed by atoms with Crippen molar-refractivity contribution in [3.05, 3.63) is 77.5 Å². The minimum atomic E-state index is -4.48. The van der Waals surface area contributed by atoms with Gasteiger partial charge in [0, 0.05) is 5.56 Å². The van der Waals surface area contributed by atoms with E-state index in [-0.39, 0.29) is 16.8 Å². The van der Waals surface area contributed by atoms with E-state index < -0.39 is 17.7 Å². The molecule has 1 heterocycles. The normalized spacial score (nSPS) is 11.3. The molecule has 0 spiro atoms. The molecule has 0 aliphatic heterocycles. The van der Waals surface area contributed by atoms with E-state index >= 15 is 0 Å². The number of hydrogen-bond donors (Lipinski definition) is 2. The van der Waals surface area contributed by atoms with E-state index in [1.165, 1.54) is 36.5 Å². The number of aryl methyl sites for hydroxylation is 1. The molecule has 3 aromatic rings. The lowest BCUT2D eigenvalue weighted by Crippen LogP contribution is -2.07. The first-order valence-electron chi connectivity index (χ1n) is 7.99. The zero-order valence-corrected chi connectivity index (χ0v) is 14.2. The lowest BCUT2D eigenvalue weighted by atomic mass is 10.0. The van der Waals surface area contributed by atoms with E-state index in [0.29, 0.717) is 11.4 Å². The molecular weight excluding hydrogens is 357 g/mol. The topological polar surface area (TPSA) is 62.2 Å². The summed E-state index contributed by atoms with van der Waals surface area (Å²) in [6.07, 6.45) is -3.11. The van der Waals surface area contributed by atoms with Crippen LogP contribution in [0.1, 0.15) is 21.5 Å². The highest BCUT2D eigenvalue weighted by atomic mass is 19.4. The van der Waals surface area contributed by atoms with Gasteiger partial charge in [-0.15, -0.1) is 0 Å².